The minimum atomic E-state index is -3.37. The summed E-state index contributed by atoms with van der Waals surface area (Å²) in [5.74, 6) is -0.357. The van der Waals surface area contributed by atoms with Crippen molar-refractivity contribution in [3.05, 3.63) is 59.7 Å². The van der Waals surface area contributed by atoms with Crippen molar-refractivity contribution in [2.75, 3.05) is 16.7 Å². The molecular formula is C18H22N2O5S2. The zero-order chi connectivity index (χ0) is 20.2. The predicted molar refractivity (Wildman–Crippen MR) is 105 cm³/mol. The molecule has 146 valence electrons. The fraction of sp³-hybridized carbons (Fsp3) is 0.278. The third-order valence-corrected chi connectivity index (χ3v) is 6.39. The van der Waals surface area contributed by atoms with Crippen LogP contribution in [0.4, 0.5) is 5.69 Å². The van der Waals surface area contributed by atoms with Gasteiger partial charge in [0.25, 0.3) is 5.91 Å². The van der Waals surface area contributed by atoms with E-state index in [1.807, 2.05) is 0 Å². The van der Waals surface area contributed by atoms with Crippen LogP contribution < -0.4 is 10.0 Å². The molecule has 1 amide bonds. The smallest absolute Gasteiger partial charge is 0.251 e. The Morgan fingerprint density at radius 1 is 0.963 bits per heavy atom. The van der Waals surface area contributed by atoms with Crippen LogP contribution in [-0.4, -0.2) is 34.8 Å². The second-order valence-electron chi connectivity index (χ2n) is 6.12. The topological polar surface area (TPSA) is 109 Å². The SMILES string of the molecule is CCS(=O)(=O)Nc1ccc(C(=O)N[C@@H](C)c2ccc(S(C)(=O)=O)cc2)cc1. The zero-order valence-corrected chi connectivity index (χ0v) is 16.9. The van der Waals surface area contributed by atoms with Crippen molar-refractivity contribution in [2.45, 2.75) is 24.8 Å². The van der Waals surface area contributed by atoms with Crippen molar-refractivity contribution in [1.82, 2.24) is 5.32 Å². The van der Waals surface area contributed by atoms with E-state index in [9.17, 15) is 21.6 Å². The Kier molecular flexibility index (Phi) is 6.27. The Bertz CT molecular complexity index is 1010. The second-order valence-corrected chi connectivity index (χ2v) is 10.1. The largest absolute Gasteiger partial charge is 0.346 e. The molecule has 0 radical (unpaired) electrons. The van der Waals surface area contributed by atoms with Gasteiger partial charge in [-0.2, -0.15) is 0 Å². The Morgan fingerprint density at radius 3 is 2.00 bits per heavy atom. The van der Waals surface area contributed by atoms with E-state index in [1.165, 1.54) is 43.3 Å². The van der Waals surface area contributed by atoms with Gasteiger partial charge in [-0.1, -0.05) is 12.1 Å². The minimum absolute atomic E-state index is 0.0368. The molecule has 0 heterocycles. The second kappa shape index (κ2) is 8.10. The number of hydrogen-bond acceptors (Lipinski definition) is 5. The first kappa shape index (κ1) is 20.9. The molecule has 0 spiro atoms. The first-order valence-electron chi connectivity index (χ1n) is 8.23. The summed E-state index contributed by atoms with van der Waals surface area (Å²) in [4.78, 5) is 12.6. The number of nitrogens with one attached hydrogen (secondary N) is 2. The first-order chi connectivity index (χ1) is 12.5. The van der Waals surface area contributed by atoms with Crippen LogP contribution in [0.15, 0.2) is 53.4 Å². The monoisotopic (exact) mass is 410 g/mol. The van der Waals surface area contributed by atoms with Gasteiger partial charge < -0.3 is 5.32 Å². The maximum absolute atomic E-state index is 12.4. The van der Waals surface area contributed by atoms with Crippen molar-refractivity contribution in [3.63, 3.8) is 0 Å². The van der Waals surface area contributed by atoms with Gasteiger partial charge in [-0.15, -0.1) is 0 Å². The van der Waals surface area contributed by atoms with Gasteiger partial charge in [0.15, 0.2) is 9.84 Å². The van der Waals surface area contributed by atoms with E-state index in [-0.39, 0.29) is 22.6 Å². The fourth-order valence-electron chi connectivity index (χ4n) is 2.31. The molecule has 9 heteroatoms. The molecule has 0 fully saturated rings. The van der Waals surface area contributed by atoms with E-state index in [2.05, 4.69) is 10.0 Å². The molecule has 7 nitrogen and oxygen atoms in total. The zero-order valence-electron chi connectivity index (χ0n) is 15.3. The highest BCUT2D eigenvalue weighted by atomic mass is 32.2. The number of carbonyl (C=O) groups is 1. The maximum Gasteiger partial charge on any atom is 0.251 e. The van der Waals surface area contributed by atoms with E-state index in [4.69, 9.17) is 0 Å². The quantitative estimate of drug-likeness (QED) is 0.728. The molecule has 0 saturated heterocycles. The number of rotatable bonds is 7. The third kappa shape index (κ3) is 5.80. The van der Waals surface area contributed by atoms with Crippen LogP contribution in [0.2, 0.25) is 0 Å². The summed E-state index contributed by atoms with van der Waals surface area (Å²) >= 11 is 0. The lowest BCUT2D eigenvalue weighted by Gasteiger charge is -2.15. The van der Waals surface area contributed by atoms with E-state index in [0.717, 1.165) is 11.8 Å². The van der Waals surface area contributed by atoms with Crippen molar-refractivity contribution < 1.29 is 21.6 Å². The number of sulfone groups is 1. The molecule has 0 unspecified atom stereocenters. The number of sulfonamides is 1. The number of benzene rings is 2. The number of hydrogen-bond donors (Lipinski definition) is 2. The fourth-order valence-corrected chi connectivity index (χ4v) is 3.58. The third-order valence-electron chi connectivity index (χ3n) is 3.96. The molecule has 0 bridgehead atoms. The Morgan fingerprint density at radius 2 is 1.52 bits per heavy atom. The molecule has 27 heavy (non-hydrogen) atoms. The molecule has 0 aliphatic rings. The lowest BCUT2D eigenvalue weighted by Crippen LogP contribution is -2.26. The normalized spacial score (nSPS) is 13.0. The number of carbonyl (C=O) groups excluding carboxylic acids is 1. The van der Waals surface area contributed by atoms with E-state index >= 15 is 0 Å². The summed E-state index contributed by atoms with van der Waals surface area (Å²) in [6, 6.07) is 12.1. The van der Waals surface area contributed by atoms with Gasteiger partial charge in [-0.25, -0.2) is 16.8 Å². The van der Waals surface area contributed by atoms with Gasteiger partial charge in [-0.05, 0) is 55.8 Å². The standard InChI is InChI=1S/C18H22N2O5S2/c1-4-27(24,25)20-16-9-5-15(6-10-16)18(21)19-13(2)14-7-11-17(12-8-14)26(3,22)23/h5-13,20H,4H2,1-3H3,(H,19,21)/t13-/m0/s1. The van der Waals surface area contributed by atoms with Crippen LogP contribution in [0.3, 0.4) is 0 Å². The summed E-state index contributed by atoms with van der Waals surface area (Å²) in [7, 11) is -6.63. The molecule has 1 atom stereocenters. The summed E-state index contributed by atoms with van der Waals surface area (Å²) in [6.45, 7) is 3.32. The summed E-state index contributed by atoms with van der Waals surface area (Å²) in [5.41, 5.74) is 1.54. The van der Waals surface area contributed by atoms with Gasteiger partial charge in [0, 0.05) is 17.5 Å². The van der Waals surface area contributed by atoms with Gasteiger partial charge in [0.2, 0.25) is 10.0 Å². The summed E-state index contributed by atoms with van der Waals surface area (Å²) in [5, 5.41) is 2.82. The van der Waals surface area contributed by atoms with Crippen molar-refractivity contribution in [1.29, 1.82) is 0 Å². The average molecular weight is 411 g/mol. The van der Waals surface area contributed by atoms with Crippen molar-refractivity contribution in [3.8, 4) is 0 Å². The Balaban J connectivity index is 2.06. The Labute approximate surface area is 159 Å². The van der Waals surface area contributed by atoms with Crippen LogP contribution in [0, 0.1) is 0 Å². The first-order valence-corrected chi connectivity index (χ1v) is 11.8. The van der Waals surface area contributed by atoms with Gasteiger partial charge in [0.1, 0.15) is 0 Å². The lowest BCUT2D eigenvalue weighted by atomic mass is 10.1. The van der Waals surface area contributed by atoms with Gasteiger partial charge in [0.05, 0.1) is 16.7 Å². The van der Waals surface area contributed by atoms with Crippen molar-refractivity contribution >= 4 is 31.5 Å². The van der Waals surface area contributed by atoms with Crippen molar-refractivity contribution in [2.24, 2.45) is 0 Å². The molecule has 0 aromatic heterocycles. The molecular weight excluding hydrogens is 388 g/mol. The summed E-state index contributed by atoms with van der Waals surface area (Å²) < 4.78 is 48.5. The highest BCUT2D eigenvalue weighted by Gasteiger charge is 2.14. The number of amides is 1. The van der Waals surface area contributed by atoms with Crippen LogP contribution in [-0.2, 0) is 19.9 Å². The average Bonchev–Trinajstić information content (AvgIpc) is 2.61. The highest BCUT2D eigenvalue weighted by Crippen LogP contribution is 2.17. The molecule has 0 aliphatic carbocycles. The van der Waals surface area contributed by atoms with E-state index in [1.54, 1.807) is 19.1 Å². The Hall–Kier alpha value is -2.39. The molecule has 0 saturated carbocycles. The van der Waals surface area contributed by atoms with E-state index < -0.39 is 19.9 Å². The molecule has 2 aromatic carbocycles. The molecule has 0 aliphatic heterocycles. The molecule has 2 N–H and O–H groups in total. The lowest BCUT2D eigenvalue weighted by molar-refractivity contribution is 0.0940. The molecule has 2 rings (SSSR count). The summed E-state index contributed by atoms with van der Waals surface area (Å²) in [6.07, 6.45) is 1.14. The van der Waals surface area contributed by atoms with Gasteiger partial charge >= 0.3 is 0 Å². The van der Waals surface area contributed by atoms with Crippen LogP contribution in [0.1, 0.15) is 35.8 Å². The van der Waals surface area contributed by atoms with Crippen LogP contribution in [0.25, 0.3) is 0 Å². The van der Waals surface area contributed by atoms with E-state index in [0.29, 0.717) is 11.3 Å². The predicted octanol–water partition coefficient (Wildman–Crippen LogP) is 2.34. The van der Waals surface area contributed by atoms with Crippen LogP contribution in [0.5, 0.6) is 0 Å². The molecule has 2 aromatic rings. The van der Waals surface area contributed by atoms with Crippen LogP contribution >= 0.6 is 0 Å². The van der Waals surface area contributed by atoms with Gasteiger partial charge in [-0.3, -0.25) is 9.52 Å². The minimum Gasteiger partial charge on any atom is -0.346 e. The maximum atomic E-state index is 12.4. The number of anilines is 1. The highest BCUT2D eigenvalue weighted by molar-refractivity contribution is 7.92.